The molecule has 7 heteroatoms. The molecule has 1 N–H and O–H groups in total. The SMILES string of the molecule is COc1ccc(CN2CCC3(CC[C@H](CNC(=O)c4cc(C)nn4C)O3)CC2)c(C)c1C. The molecule has 0 radical (unpaired) electrons. The Balaban J connectivity index is 1.27. The number of piperidine rings is 1. The summed E-state index contributed by atoms with van der Waals surface area (Å²) in [7, 11) is 3.52. The number of amides is 1. The Kier molecular flexibility index (Phi) is 6.58. The molecule has 0 aliphatic carbocycles. The Bertz CT molecular complexity index is 976. The molecule has 174 valence electrons. The van der Waals surface area contributed by atoms with Gasteiger partial charge in [0.05, 0.1) is 24.5 Å². The molecular formula is C25H36N4O3. The highest BCUT2D eigenvalue weighted by Crippen LogP contribution is 2.39. The number of hydrogen-bond acceptors (Lipinski definition) is 5. The molecular weight excluding hydrogens is 404 g/mol. The molecule has 0 bridgehead atoms. The van der Waals surface area contributed by atoms with Crippen molar-refractivity contribution in [3.8, 4) is 5.75 Å². The largest absolute Gasteiger partial charge is 0.496 e. The van der Waals surface area contributed by atoms with Crippen molar-refractivity contribution in [3.63, 3.8) is 0 Å². The standard InChI is InChI=1S/C25H36N4O3/c1-17-14-22(28(4)27-17)24(30)26-15-21-8-9-25(32-21)10-12-29(13-11-25)16-20-6-7-23(31-5)19(3)18(20)2/h6-7,14,21H,8-13,15-16H2,1-5H3,(H,26,30)/t21-/m1/s1. The maximum absolute atomic E-state index is 12.5. The quantitative estimate of drug-likeness (QED) is 0.747. The topological polar surface area (TPSA) is 68.6 Å². The molecule has 3 heterocycles. The third-order valence-corrected chi connectivity index (χ3v) is 7.29. The van der Waals surface area contributed by atoms with Crippen LogP contribution >= 0.6 is 0 Å². The Labute approximate surface area is 191 Å². The van der Waals surface area contributed by atoms with Crippen LogP contribution < -0.4 is 10.1 Å². The average Bonchev–Trinajstić information content (AvgIpc) is 3.34. The number of nitrogens with one attached hydrogen (secondary N) is 1. The van der Waals surface area contributed by atoms with Crippen molar-refractivity contribution in [2.45, 2.75) is 64.7 Å². The number of methoxy groups -OCH3 is 1. The van der Waals surface area contributed by atoms with Gasteiger partial charge in [-0.1, -0.05) is 6.07 Å². The van der Waals surface area contributed by atoms with Crippen molar-refractivity contribution in [1.29, 1.82) is 0 Å². The molecule has 2 aliphatic rings. The summed E-state index contributed by atoms with van der Waals surface area (Å²) in [5.41, 5.74) is 5.33. The van der Waals surface area contributed by atoms with Gasteiger partial charge in [-0.05, 0) is 75.3 Å². The van der Waals surface area contributed by atoms with E-state index in [0.29, 0.717) is 12.2 Å². The molecule has 1 aromatic heterocycles. The lowest BCUT2D eigenvalue weighted by molar-refractivity contribution is -0.0764. The molecule has 1 amide bonds. The first-order chi connectivity index (χ1) is 15.3. The second kappa shape index (κ2) is 9.24. The van der Waals surface area contributed by atoms with Crippen molar-refractivity contribution < 1.29 is 14.3 Å². The highest BCUT2D eigenvalue weighted by Gasteiger charge is 2.42. The van der Waals surface area contributed by atoms with Gasteiger partial charge in [0.2, 0.25) is 0 Å². The normalized spacial score (nSPS) is 20.6. The fourth-order valence-electron chi connectivity index (χ4n) is 5.13. The van der Waals surface area contributed by atoms with Crippen molar-refractivity contribution in [3.05, 3.63) is 46.3 Å². The predicted octanol–water partition coefficient (Wildman–Crippen LogP) is 3.30. The van der Waals surface area contributed by atoms with Crippen LogP contribution in [0.25, 0.3) is 0 Å². The number of aromatic nitrogens is 2. The van der Waals surface area contributed by atoms with Crippen molar-refractivity contribution in [1.82, 2.24) is 20.0 Å². The number of nitrogens with zero attached hydrogens (tertiary/aromatic N) is 3. The Morgan fingerprint density at radius 1 is 1.22 bits per heavy atom. The van der Waals surface area contributed by atoms with Gasteiger partial charge in [0.1, 0.15) is 11.4 Å². The van der Waals surface area contributed by atoms with Crippen LogP contribution in [-0.2, 0) is 18.3 Å². The molecule has 32 heavy (non-hydrogen) atoms. The van der Waals surface area contributed by atoms with Gasteiger partial charge in [-0.2, -0.15) is 5.10 Å². The zero-order valence-electron chi connectivity index (χ0n) is 20.0. The van der Waals surface area contributed by atoms with E-state index in [4.69, 9.17) is 9.47 Å². The third-order valence-electron chi connectivity index (χ3n) is 7.29. The second-order valence-electron chi connectivity index (χ2n) is 9.42. The lowest BCUT2D eigenvalue weighted by atomic mass is 9.88. The van der Waals surface area contributed by atoms with Gasteiger partial charge in [0.15, 0.2) is 0 Å². The van der Waals surface area contributed by atoms with Gasteiger partial charge in [0, 0.05) is 33.2 Å². The lowest BCUT2D eigenvalue weighted by Crippen LogP contribution is -2.45. The number of likely N-dealkylation sites (tertiary alicyclic amines) is 1. The number of rotatable bonds is 6. The van der Waals surface area contributed by atoms with E-state index in [9.17, 15) is 4.79 Å². The third kappa shape index (κ3) is 4.69. The number of aryl methyl sites for hydroxylation is 2. The summed E-state index contributed by atoms with van der Waals surface area (Å²) in [4.78, 5) is 15.0. The smallest absolute Gasteiger partial charge is 0.269 e. The highest BCUT2D eigenvalue weighted by molar-refractivity contribution is 5.92. The number of hydrogen-bond donors (Lipinski definition) is 1. The van der Waals surface area contributed by atoms with Crippen LogP contribution in [0.5, 0.6) is 5.75 Å². The van der Waals surface area contributed by atoms with Gasteiger partial charge >= 0.3 is 0 Å². The molecule has 2 saturated heterocycles. The summed E-state index contributed by atoms with van der Waals surface area (Å²) in [5, 5.41) is 7.28. The maximum atomic E-state index is 12.5. The molecule has 1 atom stereocenters. The van der Waals surface area contributed by atoms with Crippen molar-refractivity contribution in [2.24, 2.45) is 7.05 Å². The van der Waals surface area contributed by atoms with E-state index in [-0.39, 0.29) is 17.6 Å². The van der Waals surface area contributed by atoms with Crippen molar-refractivity contribution in [2.75, 3.05) is 26.7 Å². The molecule has 0 unspecified atom stereocenters. The number of benzene rings is 1. The van der Waals surface area contributed by atoms with Gasteiger partial charge in [-0.15, -0.1) is 0 Å². The molecule has 2 fully saturated rings. The summed E-state index contributed by atoms with van der Waals surface area (Å²) < 4.78 is 13.6. The van der Waals surface area contributed by atoms with Gasteiger partial charge in [-0.25, -0.2) is 0 Å². The number of carbonyl (C=O) groups excluding carboxylic acids is 1. The Morgan fingerprint density at radius 3 is 2.62 bits per heavy atom. The van der Waals surface area contributed by atoms with Gasteiger partial charge in [0.25, 0.3) is 5.91 Å². The first kappa shape index (κ1) is 22.8. The van der Waals surface area contributed by atoms with Crippen LogP contribution in [0.3, 0.4) is 0 Å². The summed E-state index contributed by atoms with van der Waals surface area (Å²) in [6, 6.07) is 6.09. The first-order valence-corrected chi connectivity index (χ1v) is 11.6. The summed E-state index contributed by atoms with van der Waals surface area (Å²) in [6.07, 6.45) is 4.26. The molecule has 0 saturated carbocycles. The van der Waals surface area contributed by atoms with Crippen LogP contribution in [0, 0.1) is 20.8 Å². The van der Waals surface area contributed by atoms with Gasteiger partial charge in [-0.3, -0.25) is 14.4 Å². The monoisotopic (exact) mass is 440 g/mol. The first-order valence-electron chi connectivity index (χ1n) is 11.6. The summed E-state index contributed by atoms with van der Waals surface area (Å²) in [6.45, 7) is 9.81. The Hall–Kier alpha value is -2.38. The van der Waals surface area contributed by atoms with E-state index in [0.717, 1.165) is 56.8 Å². The van der Waals surface area contributed by atoms with E-state index in [1.54, 1.807) is 18.8 Å². The van der Waals surface area contributed by atoms with E-state index in [1.165, 1.54) is 16.7 Å². The van der Waals surface area contributed by atoms with Crippen LogP contribution in [0.2, 0.25) is 0 Å². The van der Waals surface area contributed by atoms with Gasteiger partial charge < -0.3 is 14.8 Å². The van der Waals surface area contributed by atoms with Crippen molar-refractivity contribution >= 4 is 5.91 Å². The van der Waals surface area contributed by atoms with E-state index in [1.807, 2.05) is 13.0 Å². The number of carbonyl (C=O) groups is 1. The fourth-order valence-corrected chi connectivity index (χ4v) is 5.13. The molecule has 2 aliphatic heterocycles. The fraction of sp³-hybridized carbons (Fsp3) is 0.600. The Morgan fingerprint density at radius 2 is 1.97 bits per heavy atom. The van der Waals surface area contributed by atoms with Crippen LogP contribution in [0.1, 0.15) is 58.6 Å². The highest BCUT2D eigenvalue weighted by atomic mass is 16.5. The molecule has 2 aromatic rings. The van der Waals surface area contributed by atoms with E-state index in [2.05, 4.69) is 41.3 Å². The summed E-state index contributed by atoms with van der Waals surface area (Å²) >= 11 is 0. The maximum Gasteiger partial charge on any atom is 0.269 e. The molecule has 1 aromatic carbocycles. The second-order valence-corrected chi connectivity index (χ2v) is 9.42. The predicted molar refractivity (Wildman–Crippen MR) is 124 cm³/mol. The van der Waals surface area contributed by atoms with Crippen LogP contribution in [-0.4, -0.2) is 59.0 Å². The molecule has 4 rings (SSSR count). The van der Waals surface area contributed by atoms with Crippen LogP contribution in [0.15, 0.2) is 18.2 Å². The summed E-state index contributed by atoms with van der Waals surface area (Å²) in [5.74, 6) is 0.873. The minimum Gasteiger partial charge on any atom is -0.496 e. The minimum absolute atomic E-state index is 0.0279. The van der Waals surface area contributed by atoms with E-state index < -0.39 is 0 Å². The minimum atomic E-state index is -0.0855. The average molecular weight is 441 g/mol. The zero-order chi connectivity index (χ0) is 22.9. The molecule has 1 spiro atoms. The lowest BCUT2D eigenvalue weighted by Gasteiger charge is -2.39. The van der Waals surface area contributed by atoms with E-state index >= 15 is 0 Å². The molecule has 7 nitrogen and oxygen atoms in total. The zero-order valence-corrected chi connectivity index (χ0v) is 20.0. The number of ether oxygens (including phenoxy) is 2. The van der Waals surface area contributed by atoms with Crippen LogP contribution in [0.4, 0.5) is 0 Å².